The average Bonchev–Trinajstić information content (AvgIpc) is 3.27. The molecule has 0 bridgehead atoms. The van der Waals surface area contributed by atoms with Crippen LogP contribution in [0.1, 0.15) is 12.5 Å². The Balaban J connectivity index is 1.59. The molecule has 0 aliphatic heterocycles. The molecule has 0 aliphatic carbocycles. The number of aromatic nitrogens is 5. The highest BCUT2D eigenvalue weighted by Crippen LogP contribution is 2.13. The number of nitrogens with two attached hydrogens (primary N) is 1. The fraction of sp³-hybridized carbons (Fsp3) is 0.263. The minimum atomic E-state index is 0.0215. The summed E-state index contributed by atoms with van der Waals surface area (Å²) < 4.78 is 10.6. The van der Waals surface area contributed by atoms with Crippen LogP contribution in [0.4, 0.5) is 17.6 Å². The van der Waals surface area contributed by atoms with Gasteiger partial charge in [0.05, 0.1) is 6.26 Å². The van der Waals surface area contributed by atoms with Crippen molar-refractivity contribution in [3.63, 3.8) is 0 Å². The van der Waals surface area contributed by atoms with Crippen molar-refractivity contribution >= 4 is 17.6 Å². The van der Waals surface area contributed by atoms with Crippen LogP contribution in [0.2, 0.25) is 0 Å². The van der Waals surface area contributed by atoms with E-state index in [0.29, 0.717) is 31.6 Å². The lowest BCUT2D eigenvalue weighted by molar-refractivity contribution is 0.167. The maximum Gasteiger partial charge on any atom is 0.227 e. The topological polar surface area (TPSA) is 140 Å². The highest BCUT2D eigenvalue weighted by Gasteiger charge is 2.04. The minimum Gasteiger partial charge on any atom is -0.461 e. The quantitative estimate of drug-likeness (QED) is 0.317. The molecule has 152 valence electrons. The van der Waals surface area contributed by atoms with Crippen molar-refractivity contribution in [3.8, 4) is 11.6 Å². The van der Waals surface area contributed by atoms with Crippen LogP contribution in [0.25, 0.3) is 11.6 Å². The van der Waals surface area contributed by atoms with Gasteiger partial charge in [0.2, 0.25) is 17.7 Å². The van der Waals surface area contributed by atoms with E-state index in [-0.39, 0.29) is 11.8 Å². The Kier molecular flexibility index (Phi) is 7.35. The predicted molar refractivity (Wildman–Crippen MR) is 110 cm³/mol. The molecule has 5 N–H and O–H groups in total. The van der Waals surface area contributed by atoms with E-state index in [2.05, 4.69) is 47.9 Å². The van der Waals surface area contributed by atoms with Gasteiger partial charge in [-0.3, -0.25) is 5.10 Å². The third-order valence-corrected chi connectivity index (χ3v) is 3.83. The summed E-state index contributed by atoms with van der Waals surface area (Å²) in [4.78, 5) is 12.5. The number of furan rings is 1. The number of nitrogens with zero attached hydrogens (tertiary/aromatic N) is 4. The molecular formula is C19H24N8O2. The molecule has 0 amide bonds. The molecule has 2 heterocycles. The number of rotatable bonds is 9. The van der Waals surface area contributed by atoms with Gasteiger partial charge in [0.1, 0.15) is 13.1 Å². The lowest BCUT2D eigenvalue weighted by Gasteiger charge is -2.08. The van der Waals surface area contributed by atoms with Crippen molar-refractivity contribution in [1.29, 1.82) is 0 Å². The van der Waals surface area contributed by atoms with Crippen LogP contribution >= 0.6 is 0 Å². The van der Waals surface area contributed by atoms with Gasteiger partial charge in [-0.2, -0.15) is 15.1 Å². The molecule has 0 fully saturated rings. The third kappa shape index (κ3) is 6.47. The van der Waals surface area contributed by atoms with Crippen LogP contribution in [-0.4, -0.2) is 45.0 Å². The summed E-state index contributed by atoms with van der Waals surface area (Å²) in [6.07, 6.45) is 3.72. The molecule has 0 atom stereocenters. The standard InChI is InChI=1S/C19H24N8O2/c1-2-28-13-23-15-7-5-14(6-8-15)9-10-21-19-22-12-24-27-17(25-18(20)26-19)16-4-3-11-29-16/h3-8,11-12,23H,2,9-10,13H2,1H3,(H4,20,21,22,24,25,26,27). The normalized spacial score (nSPS) is 10.4. The summed E-state index contributed by atoms with van der Waals surface area (Å²) in [6, 6.07) is 11.6. The van der Waals surface area contributed by atoms with Gasteiger partial charge in [-0.25, -0.2) is 4.98 Å². The van der Waals surface area contributed by atoms with E-state index in [1.807, 2.05) is 19.1 Å². The molecular weight excluding hydrogens is 372 g/mol. The highest BCUT2D eigenvalue weighted by molar-refractivity contribution is 5.46. The first-order valence-corrected chi connectivity index (χ1v) is 9.21. The zero-order valence-corrected chi connectivity index (χ0v) is 16.1. The average molecular weight is 396 g/mol. The molecule has 0 saturated carbocycles. The Morgan fingerprint density at radius 2 is 2.00 bits per heavy atom. The molecule has 0 spiro atoms. The Labute approximate surface area is 168 Å². The fourth-order valence-corrected chi connectivity index (χ4v) is 2.42. The van der Waals surface area contributed by atoms with Crippen molar-refractivity contribution in [2.24, 2.45) is 0 Å². The second kappa shape index (κ2) is 10.6. The van der Waals surface area contributed by atoms with E-state index in [1.54, 1.807) is 12.1 Å². The summed E-state index contributed by atoms with van der Waals surface area (Å²) in [5.74, 6) is 1.11. The Hall–Kier alpha value is -3.66. The number of benzene rings is 1. The zero-order chi connectivity index (χ0) is 20.3. The molecule has 10 heteroatoms. The number of nitrogen functional groups attached to an aromatic ring is 1. The van der Waals surface area contributed by atoms with Crippen molar-refractivity contribution < 1.29 is 9.15 Å². The van der Waals surface area contributed by atoms with Gasteiger partial charge in [-0.1, -0.05) is 12.1 Å². The maximum absolute atomic E-state index is 5.89. The van der Waals surface area contributed by atoms with Crippen molar-refractivity contribution in [3.05, 3.63) is 54.6 Å². The molecule has 3 rings (SSSR count). The van der Waals surface area contributed by atoms with Crippen molar-refractivity contribution in [1.82, 2.24) is 25.1 Å². The first-order valence-electron chi connectivity index (χ1n) is 9.21. The summed E-state index contributed by atoms with van der Waals surface area (Å²) in [6.45, 7) is 3.77. The number of anilines is 3. The smallest absolute Gasteiger partial charge is 0.227 e. The van der Waals surface area contributed by atoms with Gasteiger partial charge < -0.3 is 25.5 Å². The number of hydrogen-bond donors (Lipinski definition) is 4. The Bertz CT molecular complexity index is 924. The highest BCUT2D eigenvalue weighted by atomic mass is 16.5. The van der Waals surface area contributed by atoms with Crippen LogP contribution in [-0.2, 0) is 11.2 Å². The second-order valence-corrected chi connectivity index (χ2v) is 5.89. The maximum atomic E-state index is 5.89. The van der Waals surface area contributed by atoms with Crippen LogP contribution in [0.15, 0.2) is 53.4 Å². The number of hydrogen-bond acceptors (Lipinski definition) is 9. The molecule has 0 aliphatic rings. The zero-order valence-electron chi connectivity index (χ0n) is 16.1. The second-order valence-electron chi connectivity index (χ2n) is 5.89. The lowest BCUT2D eigenvalue weighted by Crippen LogP contribution is -2.08. The predicted octanol–water partition coefficient (Wildman–Crippen LogP) is 2.62. The molecule has 0 unspecified atom stereocenters. The molecule has 3 aromatic rings. The molecule has 0 radical (unpaired) electrons. The third-order valence-electron chi connectivity index (χ3n) is 3.83. The van der Waals surface area contributed by atoms with Crippen LogP contribution < -0.4 is 16.4 Å². The number of ether oxygens (including phenoxy) is 1. The number of aromatic amines is 1. The largest absolute Gasteiger partial charge is 0.461 e. The lowest BCUT2D eigenvalue weighted by atomic mass is 10.1. The van der Waals surface area contributed by atoms with Crippen LogP contribution in [0.3, 0.4) is 0 Å². The Morgan fingerprint density at radius 3 is 2.76 bits per heavy atom. The van der Waals surface area contributed by atoms with E-state index in [4.69, 9.17) is 14.9 Å². The minimum absolute atomic E-state index is 0.0215. The van der Waals surface area contributed by atoms with Gasteiger partial charge in [0.25, 0.3) is 0 Å². The van der Waals surface area contributed by atoms with Crippen molar-refractivity contribution in [2.45, 2.75) is 13.3 Å². The summed E-state index contributed by atoms with van der Waals surface area (Å²) in [5.41, 5.74) is 8.08. The van der Waals surface area contributed by atoms with E-state index >= 15 is 0 Å². The van der Waals surface area contributed by atoms with E-state index in [9.17, 15) is 0 Å². The van der Waals surface area contributed by atoms with Gasteiger partial charge in [0.15, 0.2) is 5.76 Å². The first-order chi connectivity index (χ1) is 14.2. The summed E-state index contributed by atoms with van der Waals surface area (Å²) in [7, 11) is 0. The SMILES string of the molecule is CCOCNc1ccc(CCNc2nc[nH]nc(-c3ccco3)nc(N)n2)cc1. The van der Waals surface area contributed by atoms with E-state index in [1.165, 1.54) is 18.2 Å². The van der Waals surface area contributed by atoms with Gasteiger partial charge in [0, 0.05) is 18.8 Å². The molecule has 1 aromatic carbocycles. The van der Waals surface area contributed by atoms with Gasteiger partial charge in [-0.05, 0) is 43.2 Å². The molecule has 29 heavy (non-hydrogen) atoms. The van der Waals surface area contributed by atoms with E-state index in [0.717, 1.165) is 12.1 Å². The fourth-order valence-electron chi connectivity index (χ4n) is 2.42. The van der Waals surface area contributed by atoms with E-state index < -0.39 is 0 Å². The number of H-pyrrole nitrogens is 1. The van der Waals surface area contributed by atoms with Gasteiger partial charge >= 0.3 is 0 Å². The molecule has 10 nitrogen and oxygen atoms in total. The van der Waals surface area contributed by atoms with Crippen molar-refractivity contribution in [2.75, 3.05) is 36.2 Å². The molecule has 0 saturated heterocycles. The monoisotopic (exact) mass is 396 g/mol. The van der Waals surface area contributed by atoms with Gasteiger partial charge in [-0.15, -0.1) is 0 Å². The molecule has 2 aromatic heterocycles. The summed E-state index contributed by atoms with van der Waals surface area (Å²) in [5, 5.41) is 13.1. The van der Waals surface area contributed by atoms with Crippen LogP contribution in [0, 0.1) is 0 Å². The van der Waals surface area contributed by atoms with Crippen LogP contribution in [0.5, 0.6) is 0 Å². The first kappa shape index (κ1) is 20.1. The Morgan fingerprint density at radius 1 is 1.14 bits per heavy atom. The number of nitrogens with one attached hydrogen (secondary N) is 3. The summed E-state index contributed by atoms with van der Waals surface area (Å²) >= 11 is 0.